The molecule has 1 aliphatic heterocycles. The van der Waals surface area contributed by atoms with Crippen molar-refractivity contribution >= 4 is 26.0 Å². The summed E-state index contributed by atoms with van der Waals surface area (Å²) < 4.78 is 32.0. The van der Waals surface area contributed by atoms with Crippen LogP contribution in [-0.2, 0) is 14.8 Å². The highest BCUT2D eigenvalue weighted by Crippen LogP contribution is 2.31. The Morgan fingerprint density at radius 2 is 2.10 bits per heavy atom. The Balaban J connectivity index is 1.98. The largest absolute Gasteiger partial charge is 0.369 e. The number of hydrogen-bond donors (Lipinski definition) is 0. The fourth-order valence-corrected chi connectivity index (χ4v) is 3.98. The van der Waals surface area contributed by atoms with Crippen LogP contribution in [0, 0.1) is 0 Å². The third kappa shape index (κ3) is 3.93. The Morgan fingerprint density at radius 3 is 2.70 bits per heavy atom. The molecule has 0 aromatic carbocycles. The normalized spacial score (nSPS) is 29.5. The highest BCUT2D eigenvalue weighted by molar-refractivity contribution is 9.12. The van der Waals surface area contributed by atoms with Crippen molar-refractivity contribution in [3.63, 3.8) is 0 Å². The van der Waals surface area contributed by atoms with E-state index in [1.165, 1.54) is 26.2 Å². The summed E-state index contributed by atoms with van der Waals surface area (Å²) >= 11 is 3.58. The fourth-order valence-electron chi connectivity index (χ4n) is 2.79. The maximum Gasteiger partial charge on any atom is 0.211 e. The van der Waals surface area contributed by atoms with Gasteiger partial charge in [0.25, 0.3) is 0 Å². The third-order valence-electron chi connectivity index (χ3n) is 3.84. The van der Waals surface area contributed by atoms with Crippen LogP contribution in [0.25, 0.3) is 0 Å². The van der Waals surface area contributed by atoms with Gasteiger partial charge in [-0.2, -0.15) is 4.31 Å². The predicted molar refractivity (Wildman–Crippen MR) is 84.3 cm³/mol. The van der Waals surface area contributed by atoms with Gasteiger partial charge in [0, 0.05) is 17.6 Å². The van der Waals surface area contributed by atoms with Crippen LogP contribution in [-0.4, -0.2) is 44.3 Å². The van der Waals surface area contributed by atoms with E-state index in [-0.39, 0.29) is 12.2 Å². The lowest BCUT2D eigenvalue weighted by atomic mass is 9.98. The summed E-state index contributed by atoms with van der Waals surface area (Å²) in [6.07, 6.45) is 6.11. The summed E-state index contributed by atoms with van der Waals surface area (Å²) in [6.45, 7) is 5.25. The van der Waals surface area contributed by atoms with Crippen molar-refractivity contribution in [2.24, 2.45) is 0 Å². The molecule has 2 rings (SSSR count). The van der Waals surface area contributed by atoms with Gasteiger partial charge < -0.3 is 4.74 Å². The standard InChI is InChI=1S/C14H22BrNO3S/c1-10-7-13(8-11(2)14(10)15)19-12-5-4-6-16(9-12)20(3,17)18/h7,12-13H,4-6,8-9H2,1-3H3. The molecule has 0 saturated carbocycles. The van der Waals surface area contributed by atoms with Gasteiger partial charge in [0.2, 0.25) is 10.0 Å². The topological polar surface area (TPSA) is 46.6 Å². The smallest absolute Gasteiger partial charge is 0.211 e. The zero-order chi connectivity index (χ0) is 14.9. The van der Waals surface area contributed by atoms with E-state index in [2.05, 4.69) is 35.9 Å². The van der Waals surface area contributed by atoms with Gasteiger partial charge in [-0.15, -0.1) is 0 Å². The number of ether oxygens (including phenoxy) is 1. The highest BCUT2D eigenvalue weighted by Gasteiger charge is 2.28. The molecule has 2 unspecified atom stereocenters. The maximum absolute atomic E-state index is 11.6. The first-order valence-electron chi connectivity index (χ1n) is 6.92. The summed E-state index contributed by atoms with van der Waals surface area (Å²) in [5, 5.41) is 0. The van der Waals surface area contributed by atoms with Crippen LogP contribution in [0.15, 0.2) is 21.7 Å². The van der Waals surface area contributed by atoms with Crippen molar-refractivity contribution in [2.45, 2.75) is 45.3 Å². The van der Waals surface area contributed by atoms with E-state index < -0.39 is 10.0 Å². The Kier molecular flexibility index (Phi) is 5.10. The minimum absolute atomic E-state index is 0.00259. The number of nitrogens with zero attached hydrogens (tertiary/aromatic N) is 1. The van der Waals surface area contributed by atoms with Gasteiger partial charge in [-0.1, -0.05) is 27.6 Å². The summed E-state index contributed by atoms with van der Waals surface area (Å²) in [5.41, 5.74) is 2.47. The van der Waals surface area contributed by atoms with Gasteiger partial charge in [0.1, 0.15) is 0 Å². The Morgan fingerprint density at radius 1 is 1.40 bits per heavy atom. The second-order valence-corrected chi connectivity index (χ2v) is 8.48. The molecule has 114 valence electrons. The van der Waals surface area contributed by atoms with Gasteiger partial charge in [-0.25, -0.2) is 8.42 Å². The first kappa shape index (κ1) is 16.2. The lowest BCUT2D eigenvalue weighted by molar-refractivity contribution is -0.0143. The number of allylic oxidation sites excluding steroid dienone is 2. The number of hydrogen-bond acceptors (Lipinski definition) is 3. The summed E-state index contributed by atoms with van der Waals surface area (Å²) in [4.78, 5) is 0. The van der Waals surface area contributed by atoms with Crippen LogP contribution >= 0.6 is 15.9 Å². The van der Waals surface area contributed by atoms with E-state index in [1.807, 2.05) is 0 Å². The first-order valence-corrected chi connectivity index (χ1v) is 9.56. The molecule has 1 fully saturated rings. The van der Waals surface area contributed by atoms with Crippen LogP contribution in [0.1, 0.15) is 33.1 Å². The van der Waals surface area contributed by atoms with Gasteiger partial charge in [-0.3, -0.25) is 0 Å². The fraction of sp³-hybridized carbons (Fsp3) is 0.714. The molecule has 0 aromatic rings. The summed E-state index contributed by atoms with van der Waals surface area (Å²) in [5.74, 6) is 0. The molecule has 1 saturated heterocycles. The van der Waals surface area contributed by atoms with E-state index in [0.29, 0.717) is 13.1 Å². The zero-order valence-corrected chi connectivity index (χ0v) is 14.6. The molecule has 0 bridgehead atoms. The quantitative estimate of drug-likeness (QED) is 0.774. The third-order valence-corrected chi connectivity index (χ3v) is 6.41. The molecule has 0 N–H and O–H groups in total. The average molecular weight is 364 g/mol. The van der Waals surface area contributed by atoms with Gasteiger partial charge in [0.05, 0.1) is 18.5 Å². The number of rotatable bonds is 3. The van der Waals surface area contributed by atoms with Crippen molar-refractivity contribution < 1.29 is 13.2 Å². The molecule has 4 nitrogen and oxygen atoms in total. The molecular weight excluding hydrogens is 342 g/mol. The van der Waals surface area contributed by atoms with Crippen molar-refractivity contribution in [3.8, 4) is 0 Å². The van der Waals surface area contributed by atoms with Crippen LogP contribution in [0.4, 0.5) is 0 Å². The Labute approximate surface area is 130 Å². The average Bonchev–Trinajstić information content (AvgIpc) is 2.35. The second kappa shape index (κ2) is 6.30. The monoisotopic (exact) mass is 363 g/mol. The van der Waals surface area contributed by atoms with Crippen LogP contribution in [0.3, 0.4) is 0 Å². The number of sulfonamides is 1. The summed E-state index contributed by atoms with van der Waals surface area (Å²) in [6, 6.07) is 0. The van der Waals surface area contributed by atoms with E-state index in [4.69, 9.17) is 4.74 Å². The number of halogens is 1. The van der Waals surface area contributed by atoms with Gasteiger partial charge in [0.15, 0.2) is 0 Å². The van der Waals surface area contributed by atoms with Gasteiger partial charge >= 0.3 is 0 Å². The van der Waals surface area contributed by atoms with Crippen molar-refractivity contribution in [1.29, 1.82) is 0 Å². The summed E-state index contributed by atoms with van der Waals surface area (Å²) in [7, 11) is -3.11. The molecule has 1 aliphatic carbocycles. The van der Waals surface area contributed by atoms with Crippen LogP contribution in [0.5, 0.6) is 0 Å². The molecule has 0 amide bonds. The molecule has 0 aromatic heterocycles. The SMILES string of the molecule is CC1=CC(OC2CCCN(S(C)(=O)=O)C2)CC(C)=C1Br. The number of piperidine rings is 1. The molecule has 0 spiro atoms. The van der Waals surface area contributed by atoms with Crippen molar-refractivity contribution in [3.05, 3.63) is 21.7 Å². The van der Waals surface area contributed by atoms with E-state index in [9.17, 15) is 8.42 Å². The lowest BCUT2D eigenvalue weighted by Gasteiger charge is -2.33. The van der Waals surface area contributed by atoms with Crippen LogP contribution < -0.4 is 0 Å². The maximum atomic E-state index is 11.6. The highest BCUT2D eigenvalue weighted by atomic mass is 79.9. The minimum atomic E-state index is -3.11. The Bertz CT molecular complexity index is 539. The zero-order valence-electron chi connectivity index (χ0n) is 12.2. The second-order valence-electron chi connectivity index (χ2n) is 5.71. The van der Waals surface area contributed by atoms with E-state index >= 15 is 0 Å². The minimum Gasteiger partial charge on any atom is -0.369 e. The first-order chi connectivity index (χ1) is 9.27. The molecule has 6 heteroatoms. The molecule has 1 heterocycles. The van der Waals surface area contributed by atoms with Crippen molar-refractivity contribution in [1.82, 2.24) is 4.31 Å². The molecule has 20 heavy (non-hydrogen) atoms. The van der Waals surface area contributed by atoms with E-state index in [1.54, 1.807) is 0 Å². The lowest BCUT2D eigenvalue weighted by Crippen LogP contribution is -2.43. The molecule has 2 aliphatic rings. The van der Waals surface area contributed by atoms with Crippen LogP contribution in [0.2, 0.25) is 0 Å². The molecule has 2 atom stereocenters. The molecule has 0 radical (unpaired) electrons. The Hall–Kier alpha value is -0.170. The molecular formula is C14H22BrNO3S. The van der Waals surface area contributed by atoms with E-state index in [0.717, 1.165) is 19.3 Å². The van der Waals surface area contributed by atoms with Gasteiger partial charge in [-0.05, 0) is 38.7 Å². The predicted octanol–water partition coefficient (Wildman–Crippen LogP) is 2.81. The van der Waals surface area contributed by atoms with Crippen molar-refractivity contribution in [2.75, 3.05) is 19.3 Å².